The molecule has 0 spiro atoms. The fourth-order valence-corrected chi connectivity index (χ4v) is 4.01. The van der Waals surface area contributed by atoms with Crippen LogP contribution in [0.5, 0.6) is 0 Å². The standard InChI is InChI=1S/C20H20N2O4/c1-11-17-15(3-2-4-16(17)23)21-18(11)19(24)22-8-7-12-5-6-13(20(25)26)9-14(12)10-22/h5-6,9,21H,2-4,7-8,10H2,1H3,(H,25,26). The first-order chi connectivity index (χ1) is 12.5. The quantitative estimate of drug-likeness (QED) is 0.869. The van der Waals surface area contributed by atoms with Crippen LogP contribution < -0.4 is 0 Å². The van der Waals surface area contributed by atoms with Gasteiger partial charge in [-0.15, -0.1) is 0 Å². The minimum atomic E-state index is -0.970. The summed E-state index contributed by atoms with van der Waals surface area (Å²) in [7, 11) is 0. The molecule has 1 aromatic heterocycles. The monoisotopic (exact) mass is 352 g/mol. The Morgan fingerprint density at radius 1 is 1.15 bits per heavy atom. The van der Waals surface area contributed by atoms with Crippen LogP contribution in [0.2, 0.25) is 0 Å². The fraction of sp³-hybridized carbons (Fsp3) is 0.350. The predicted molar refractivity (Wildman–Crippen MR) is 94.6 cm³/mol. The van der Waals surface area contributed by atoms with Gasteiger partial charge >= 0.3 is 5.97 Å². The predicted octanol–water partition coefficient (Wildman–Crippen LogP) is 2.74. The van der Waals surface area contributed by atoms with Crippen molar-refractivity contribution in [3.8, 4) is 0 Å². The van der Waals surface area contributed by atoms with Gasteiger partial charge in [-0.3, -0.25) is 9.59 Å². The topological polar surface area (TPSA) is 90.5 Å². The number of hydrogen-bond donors (Lipinski definition) is 2. The zero-order valence-corrected chi connectivity index (χ0v) is 14.6. The number of H-pyrrole nitrogens is 1. The Bertz CT molecular complexity index is 942. The molecule has 2 aliphatic rings. The van der Waals surface area contributed by atoms with E-state index in [1.165, 1.54) is 0 Å². The highest BCUT2D eigenvalue weighted by atomic mass is 16.4. The van der Waals surface area contributed by atoms with Gasteiger partial charge in [-0.2, -0.15) is 0 Å². The van der Waals surface area contributed by atoms with Gasteiger partial charge in [-0.05, 0) is 55.0 Å². The molecule has 0 atom stereocenters. The molecule has 1 amide bonds. The Labute approximate surface area is 150 Å². The van der Waals surface area contributed by atoms with Crippen LogP contribution in [-0.4, -0.2) is 39.2 Å². The molecule has 0 saturated heterocycles. The zero-order valence-electron chi connectivity index (χ0n) is 14.6. The molecule has 0 radical (unpaired) electrons. The molecule has 0 bridgehead atoms. The van der Waals surface area contributed by atoms with Crippen molar-refractivity contribution < 1.29 is 19.5 Å². The van der Waals surface area contributed by atoms with Crippen molar-refractivity contribution in [3.05, 3.63) is 57.4 Å². The van der Waals surface area contributed by atoms with E-state index in [2.05, 4.69) is 4.98 Å². The highest BCUT2D eigenvalue weighted by Crippen LogP contribution is 2.28. The van der Waals surface area contributed by atoms with Gasteiger partial charge in [0, 0.05) is 30.8 Å². The lowest BCUT2D eigenvalue weighted by Crippen LogP contribution is -2.36. The summed E-state index contributed by atoms with van der Waals surface area (Å²) in [6.07, 6.45) is 2.84. The SMILES string of the molecule is Cc1c(C(=O)N2CCc3ccc(C(=O)O)cc3C2)[nH]c2c1C(=O)CCC2. The van der Waals surface area contributed by atoms with Gasteiger partial charge in [0.15, 0.2) is 5.78 Å². The zero-order chi connectivity index (χ0) is 18.4. The number of ketones is 1. The Morgan fingerprint density at radius 3 is 2.69 bits per heavy atom. The van der Waals surface area contributed by atoms with Crippen molar-refractivity contribution in [3.63, 3.8) is 0 Å². The highest BCUT2D eigenvalue weighted by molar-refractivity contribution is 6.04. The smallest absolute Gasteiger partial charge is 0.335 e. The number of aromatic nitrogens is 1. The number of nitrogens with zero attached hydrogens (tertiary/aromatic N) is 1. The maximum absolute atomic E-state index is 13.0. The van der Waals surface area contributed by atoms with Crippen LogP contribution in [-0.2, 0) is 19.4 Å². The largest absolute Gasteiger partial charge is 0.478 e. The van der Waals surface area contributed by atoms with Crippen LogP contribution in [0, 0.1) is 6.92 Å². The molecule has 0 unspecified atom stereocenters. The first-order valence-corrected chi connectivity index (χ1v) is 8.84. The number of hydrogen-bond acceptors (Lipinski definition) is 3. The molecule has 6 nitrogen and oxygen atoms in total. The Balaban J connectivity index is 1.63. The summed E-state index contributed by atoms with van der Waals surface area (Å²) in [5, 5.41) is 9.18. The van der Waals surface area contributed by atoms with Gasteiger partial charge in [0.05, 0.1) is 5.56 Å². The van der Waals surface area contributed by atoms with Gasteiger partial charge in [0.2, 0.25) is 0 Å². The molecule has 1 aliphatic heterocycles. The molecular formula is C20H20N2O4. The lowest BCUT2D eigenvalue weighted by atomic mass is 9.93. The Kier molecular flexibility index (Phi) is 3.90. The van der Waals surface area contributed by atoms with Gasteiger partial charge in [0.1, 0.15) is 5.69 Å². The molecular weight excluding hydrogens is 332 g/mol. The summed E-state index contributed by atoms with van der Waals surface area (Å²) in [4.78, 5) is 41.3. The van der Waals surface area contributed by atoms with Gasteiger partial charge in [-0.1, -0.05) is 6.07 Å². The third-order valence-corrected chi connectivity index (χ3v) is 5.40. The molecule has 2 N–H and O–H groups in total. The number of aromatic amines is 1. The Hall–Kier alpha value is -2.89. The number of amides is 1. The summed E-state index contributed by atoms with van der Waals surface area (Å²) in [6, 6.07) is 5.08. The van der Waals surface area contributed by atoms with E-state index < -0.39 is 5.97 Å². The number of rotatable bonds is 2. The number of carboxylic acid groups (broad SMARTS) is 1. The summed E-state index contributed by atoms with van der Waals surface area (Å²) < 4.78 is 0. The molecule has 0 saturated carbocycles. The number of Topliss-reactive ketones (excluding diaryl/α,β-unsaturated/α-hetero) is 1. The van der Waals surface area contributed by atoms with Crippen molar-refractivity contribution in [1.29, 1.82) is 0 Å². The third-order valence-electron chi connectivity index (χ3n) is 5.40. The van der Waals surface area contributed by atoms with Crippen LogP contribution in [0.1, 0.15) is 66.4 Å². The second kappa shape index (κ2) is 6.12. The van der Waals surface area contributed by atoms with Crippen molar-refractivity contribution in [2.75, 3.05) is 6.54 Å². The van der Waals surface area contributed by atoms with Crippen LogP contribution >= 0.6 is 0 Å². The number of fused-ring (bicyclic) bond motifs is 2. The van der Waals surface area contributed by atoms with E-state index in [1.54, 1.807) is 17.0 Å². The van der Waals surface area contributed by atoms with Crippen LogP contribution in [0.15, 0.2) is 18.2 Å². The molecule has 134 valence electrons. The van der Waals surface area contributed by atoms with E-state index in [0.717, 1.165) is 35.2 Å². The van der Waals surface area contributed by atoms with E-state index in [1.807, 2.05) is 13.0 Å². The van der Waals surface area contributed by atoms with Crippen molar-refractivity contribution in [1.82, 2.24) is 9.88 Å². The summed E-state index contributed by atoms with van der Waals surface area (Å²) in [5.74, 6) is -0.993. The lowest BCUT2D eigenvalue weighted by molar-refractivity contribution is 0.0696. The number of carboxylic acids is 1. The Morgan fingerprint density at radius 2 is 1.96 bits per heavy atom. The average molecular weight is 352 g/mol. The average Bonchev–Trinajstić information content (AvgIpc) is 2.98. The first-order valence-electron chi connectivity index (χ1n) is 8.84. The molecule has 1 aliphatic carbocycles. The van der Waals surface area contributed by atoms with Crippen LogP contribution in [0.25, 0.3) is 0 Å². The van der Waals surface area contributed by atoms with Gasteiger partial charge < -0.3 is 15.0 Å². The number of nitrogens with one attached hydrogen (secondary N) is 1. The molecule has 26 heavy (non-hydrogen) atoms. The minimum Gasteiger partial charge on any atom is -0.478 e. The molecule has 2 aromatic rings. The van der Waals surface area contributed by atoms with E-state index in [-0.39, 0.29) is 17.3 Å². The molecule has 2 heterocycles. The lowest BCUT2D eigenvalue weighted by Gasteiger charge is -2.29. The summed E-state index contributed by atoms with van der Waals surface area (Å²) in [5.41, 5.74) is 4.96. The van der Waals surface area contributed by atoms with Gasteiger partial charge in [0.25, 0.3) is 5.91 Å². The number of carbonyl (C=O) groups excluding carboxylic acids is 2. The van der Waals surface area contributed by atoms with E-state index >= 15 is 0 Å². The number of aromatic carboxylic acids is 1. The van der Waals surface area contributed by atoms with Crippen molar-refractivity contribution in [2.45, 2.75) is 39.2 Å². The number of carbonyl (C=O) groups is 3. The summed E-state index contributed by atoms with van der Waals surface area (Å²) in [6.45, 7) is 2.79. The van der Waals surface area contributed by atoms with E-state index in [0.29, 0.717) is 37.2 Å². The third kappa shape index (κ3) is 2.62. The maximum Gasteiger partial charge on any atom is 0.335 e. The first kappa shape index (κ1) is 16.6. The van der Waals surface area contributed by atoms with Crippen LogP contribution in [0.4, 0.5) is 0 Å². The van der Waals surface area contributed by atoms with Crippen molar-refractivity contribution >= 4 is 17.7 Å². The summed E-state index contributed by atoms with van der Waals surface area (Å²) >= 11 is 0. The minimum absolute atomic E-state index is 0.106. The molecule has 4 rings (SSSR count). The molecule has 1 aromatic carbocycles. The number of benzene rings is 1. The number of aryl methyl sites for hydroxylation is 1. The van der Waals surface area contributed by atoms with E-state index in [9.17, 15) is 19.5 Å². The second-order valence-electron chi connectivity index (χ2n) is 7.02. The van der Waals surface area contributed by atoms with E-state index in [4.69, 9.17) is 0 Å². The highest BCUT2D eigenvalue weighted by Gasteiger charge is 2.30. The molecule has 6 heteroatoms. The van der Waals surface area contributed by atoms with Crippen molar-refractivity contribution in [2.24, 2.45) is 0 Å². The van der Waals surface area contributed by atoms with Crippen LogP contribution in [0.3, 0.4) is 0 Å². The second-order valence-corrected chi connectivity index (χ2v) is 7.02. The maximum atomic E-state index is 13.0. The van der Waals surface area contributed by atoms with Gasteiger partial charge in [-0.25, -0.2) is 4.79 Å². The molecule has 0 fully saturated rings. The normalized spacial score (nSPS) is 16.2. The fourth-order valence-electron chi connectivity index (χ4n) is 4.01.